The van der Waals surface area contributed by atoms with Gasteiger partial charge in [0, 0.05) is 22.6 Å². The first-order chi connectivity index (χ1) is 7.19. The largest absolute Gasteiger partial charge is 0.519 e. The molecule has 0 aliphatic heterocycles. The highest BCUT2D eigenvalue weighted by Crippen LogP contribution is 2.21. The van der Waals surface area contributed by atoms with Gasteiger partial charge < -0.3 is 8.83 Å². The highest BCUT2D eigenvalue weighted by molar-refractivity contribution is 14.1. The molecule has 1 aromatic carbocycles. The lowest BCUT2D eigenvalue weighted by Crippen LogP contribution is -1.84. The standard InChI is InChI=1S/C7H3BrO3.C3H3I/c8-4-2-1-3-5-6(4)11-7(9)10-5;1-2-3-4/h1-3H;1H3. The summed E-state index contributed by atoms with van der Waals surface area (Å²) in [5, 5.41) is 0. The van der Waals surface area contributed by atoms with Gasteiger partial charge in [-0.1, -0.05) is 12.0 Å². The van der Waals surface area contributed by atoms with Crippen molar-refractivity contribution < 1.29 is 8.83 Å². The van der Waals surface area contributed by atoms with Crippen LogP contribution in [0.15, 0.2) is 36.3 Å². The molecule has 0 saturated carbocycles. The summed E-state index contributed by atoms with van der Waals surface area (Å²) >= 11 is 5.21. The number of para-hydroxylation sites is 1. The Balaban J connectivity index is 0.000000245. The maximum absolute atomic E-state index is 10.6. The van der Waals surface area contributed by atoms with Crippen LogP contribution in [0.25, 0.3) is 11.2 Å². The molecule has 2 aromatic rings. The van der Waals surface area contributed by atoms with Gasteiger partial charge in [0.1, 0.15) is 0 Å². The smallest absolute Gasteiger partial charge is 0.391 e. The van der Waals surface area contributed by atoms with Gasteiger partial charge in [-0.3, -0.25) is 0 Å². The molecule has 0 amide bonds. The number of hydrogen-bond acceptors (Lipinski definition) is 3. The normalized spacial score (nSPS) is 8.73. The van der Waals surface area contributed by atoms with E-state index in [9.17, 15) is 4.79 Å². The Labute approximate surface area is 108 Å². The van der Waals surface area contributed by atoms with E-state index in [2.05, 4.69) is 25.8 Å². The van der Waals surface area contributed by atoms with Crippen molar-refractivity contribution in [2.75, 3.05) is 0 Å². The minimum atomic E-state index is -0.674. The molecule has 0 bridgehead atoms. The number of hydrogen-bond donors (Lipinski definition) is 0. The van der Waals surface area contributed by atoms with Gasteiger partial charge >= 0.3 is 5.82 Å². The molecule has 0 aliphatic rings. The summed E-state index contributed by atoms with van der Waals surface area (Å²) in [7, 11) is 0. The van der Waals surface area contributed by atoms with Crippen LogP contribution in [-0.2, 0) is 0 Å². The minimum Gasteiger partial charge on any atom is -0.391 e. The molecule has 0 N–H and O–H groups in total. The highest BCUT2D eigenvalue weighted by atomic mass is 127. The predicted octanol–water partition coefficient (Wildman–Crippen LogP) is 3.55. The summed E-state index contributed by atoms with van der Waals surface area (Å²) in [4.78, 5) is 10.6. The van der Waals surface area contributed by atoms with Crippen LogP contribution in [-0.4, -0.2) is 0 Å². The zero-order valence-corrected chi connectivity index (χ0v) is 11.5. The Kier molecular flexibility index (Phi) is 4.91. The van der Waals surface area contributed by atoms with Gasteiger partial charge in [-0.15, -0.1) is 0 Å². The first kappa shape index (κ1) is 12.3. The van der Waals surface area contributed by atoms with Gasteiger partial charge in [-0.25, -0.2) is 4.79 Å². The molecule has 0 atom stereocenters. The van der Waals surface area contributed by atoms with Gasteiger partial charge in [-0.05, 0) is 38.9 Å². The lowest BCUT2D eigenvalue weighted by Gasteiger charge is -1.85. The zero-order valence-electron chi connectivity index (χ0n) is 7.71. The van der Waals surface area contributed by atoms with Crippen molar-refractivity contribution >= 4 is 49.7 Å². The lowest BCUT2D eigenvalue weighted by molar-refractivity contribution is 0.409. The van der Waals surface area contributed by atoms with Crippen LogP contribution >= 0.6 is 38.5 Å². The van der Waals surface area contributed by atoms with Gasteiger partial charge in [0.05, 0.1) is 4.47 Å². The van der Waals surface area contributed by atoms with Gasteiger partial charge in [0.15, 0.2) is 11.2 Å². The molecule has 3 nitrogen and oxygen atoms in total. The van der Waals surface area contributed by atoms with Crippen molar-refractivity contribution in [2.24, 2.45) is 0 Å². The Morgan fingerprint density at radius 2 is 2.07 bits per heavy atom. The van der Waals surface area contributed by atoms with E-state index >= 15 is 0 Å². The molecule has 1 heterocycles. The summed E-state index contributed by atoms with van der Waals surface area (Å²) < 4.78 is 12.8. The fourth-order valence-corrected chi connectivity index (χ4v) is 1.29. The molecule has 0 spiro atoms. The molecule has 0 radical (unpaired) electrons. The molecule has 0 aliphatic carbocycles. The van der Waals surface area contributed by atoms with Crippen LogP contribution in [0.1, 0.15) is 6.92 Å². The van der Waals surface area contributed by atoms with Crippen molar-refractivity contribution in [3.05, 3.63) is 33.3 Å². The maximum atomic E-state index is 10.6. The van der Waals surface area contributed by atoms with E-state index in [0.29, 0.717) is 11.2 Å². The summed E-state index contributed by atoms with van der Waals surface area (Å²) in [5.41, 5.74) is 0.918. The fourth-order valence-electron chi connectivity index (χ4n) is 0.862. The van der Waals surface area contributed by atoms with E-state index in [1.807, 2.05) is 29.5 Å². The average molecular weight is 381 g/mol. The first-order valence-electron chi connectivity index (χ1n) is 3.89. The van der Waals surface area contributed by atoms with E-state index in [-0.39, 0.29) is 0 Å². The summed E-state index contributed by atoms with van der Waals surface area (Å²) in [5.74, 6) is 1.99. The van der Waals surface area contributed by atoms with Crippen molar-refractivity contribution in [3.8, 4) is 9.85 Å². The van der Waals surface area contributed by atoms with E-state index in [1.165, 1.54) is 0 Å². The Hall–Kier alpha value is -0.740. The first-order valence-corrected chi connectivity index (χ1v) is 5.76. The second-order valence-corrected chi connectivity index (χ2v) is 3.76. The van der Waals surface area contributed by atoms with Gasteiger partial charge in [-0.2, -0.15) is 0 Å². The summed E-state index contributed by atoms with van der Waals surface area (Å²) in [6.45, 7) is 1.81. The minimum absolute atomic E-state index is 0.456. The second-order valence-electron chi connectivity index (χ2n) is 2.37. The molecule has 0 saturated heterocycles. The molecular weight excluding hydrogens is 375 g/mol. The molecule has 78 valence electrons. The monoisotopic (exact) mass is 380 g/mol. The van der Waals surface area contributed by atoms with Gasteiger partial charge in [0.2, 0.25) is 0 Å². The van der Waals surface area contributed by atoms with Crippen molar-refractivity contribution in [1.29, 1.82) is 0 Å². The quantitative estimate of drug-likeness (QED) is 0.518. The van der Waals surface area contributed by atoms with Crippen LogP contribution in [0.2, 0.25) is 0 Å². The predicted molar refractivity (Wildman–Crippen MR) is 69.9 cm³/mol. The Bertz CT molecular complexity index is 553. The lowest BCUT2D eigenvalue weighted by atomic mass is 10.3. The average Bonchev–Trinajstić information content (AvgIpc) is 2.61. The number of fused-ring (bicyclic) bond motifs is 1. The van der Waals surface area contributed by atoms with E-state index < -0.39 is 5.82 Å². The molecule has 5 heteroatoms. The Morgan fingerprint density at radius 1 is 1.40 bits per heavy atom. The molecule has 0 fully saturated rings. The topological polar surface area (TPSA) is 43.4 Å². The maximum Gasteiger partial charge on any atom is 0.519 e. The van der Waals surface area contributed by atoms with Gasteiger partial charge in [0.25, 0.3) is 0 Å². The third kappa shape index (κ3) is 3.39. The van der Waals surface area contributed by atoms with Crippen LogP contribution < -0.4 is 5.82 Å². The van der Waals surface area contributed by atoms with Crippen LogP contribution in [0, 0.1) is 9.85 Å². The number of rotatable bonds is 0. The van der Waals surface area contributed by atoms with Crippen LogP contribution in [0.3, 0.4) is 0 Å². The van der Waals surface area contributed by atoms with Crippen LogP contribution in [0.5, 0.6) is 0 Å². The highest BCUT2D eigenvalue weighted by Gasteiger charge is 2.05. The summed E-state index contributed by atoms with van der Waals surface area (Å²) in [6, 6.07) is 5.22. The number of halogens is 2. The molecule has 2 rings (SSSR count). The van der Waals surface area contributed by atoms with E-state index in [0.717, 1.165) is 4.47 Å². The fraction of sp³-hybridized carbons (Fsp3) is 0.100. The third-order valence-electron chi connectivity index (χ3n) is 1.40. The zero-order chi connectivity index (χ0) is 11.3. The van der Waals surface area contributed by atoms with Crippen LogP contribution in [0.4, 0.5) is 0 Å². The molecule has 1 aromatic heterocycles. The van der Waals surface area contributed by atoms with E-state index in [1.54, 1.807) is 18.2 Å². The Morgan fingerprint density at radius 3 is 2.60 bits per heavy atom. The van der Waals surface area contributed by atoms with Crippen molar-refractivity contribution in [1.82, 2.24) is 0 Å². The number of benzene rings is 1. The van der Waals surface area contributed by atoms with E-state index in [4.69, 9.17) is 8.83 Å². The molecule has 15 heavy (non-hydrogen) atoms. The molecular formula is C10H6BrIO3. The van der Waals surface area contributed by atoms with Crippen molar-refractivity contribution in [3.63, 3.8) is 0 Å². The SMILES string of the molecule is CC#CI.O=c1oc2cccc(Br)c2o1. The molecule has 0 unspecified atom stereocenters. The second kappa shape index (κ2) is 5.98. The summed E-state index contributed by atoms with van der Waals surface area (Å²) in [6.07, 6.45) is 0. The van der Waals surface area contributed by atoms with Crippen molar-refractivity contribution in [2.45, 2.75) is 6.92 Å². The third-order valence-corrected chi connectivity index (χ3v) is 2.57.